The van der Waals surface area contributed by atoms with Crippen molar-refractivity contribution in [2.75, 3.05) is 19.8 Å². The first-order valence-corrected chi connectivity index (χ1v) is 6.92. The Balaban J connectivity index is 2.02. The van der Waals surface area contributed by atoms with Crippen LogP contribution in [0.5, 0.6) is 0 Å². The maximum Gasteiger partial charge on any atom is 0.0591 e. The van der Waals surface area contributed by atoms with Crippen LogP contribution in [0.4, 0.5) is 0 Å². The molecular weight excluding hydrogens is 218 g/mol. The van der Waals surface area contributed by atoms with Gasteiger partial charge in [-0.15, -0.1) is 11.3 Å². The first-order chi connectivity index (χ1) is 7.72. The van der Waals surface area contributed by atoms with E-state index in [9.17, 15) is 0 Å². The van der Waals surface area contributed by atoms with Crippen LogP contribution in [0.25, 0.3) is 0 Å². The molecule has 0 spiro atoms. The van der Waals surface area contributed by atoms with Crippen LogP contribution < -0.4 is 5.32 Å². The Labute approximate surface area is 103 Å². The van der Waals surface area contributed by atoms with Crippen molar-refractivity contribution in [3.8, 4) is 0 Å². The highest BCUT2D eigenvalue weighted by Gasteiger charge is 1.98. The van der Waals surface area contributed by atoms with Gasteiger partial charge >= 0.3 is 0 Å². The predicted molar refractivity (Wildman–Crippen MR) is 71.4 cm³/mol. The monoisotopic (exact) mass is 241 g/mol. The van der Waals surface area contributed by atoms with Gasteiger partial charge in [0.2, 0.25) is 0 Å². The highest BCUT2D eigenvalue weighted by atomic mass is 32.1. The molecule has 1 aromatic rings. The van der Waals surface area contributed by atoms with Gasteiger partial charge in [-0.3, -0.25) is 0 Å². The molecule has 0 saturated carbocycles. The van der Waals surface area contributed by atoms with Gasteiger partial charge in [0, 0.05) is 28.8 Å². The Bertz CT molecular complexity index is 283. The zero-order valence-corrected chi connectivity index (χ0v) is 11.4. The third kappa shape index (κ3) is 5.64. The third-order valence-electron chi connectivity index (χ3n) is 2.36. The second-order valence-electron chi connectivity index (χ2n) is 4.19. The Morgan fingerprint density at radius 3 is 2.62 bits per heavy atom. The molecule has 0 aliphatic heterocycles. The van der Waals surface area contributed by atoms with Gasteiger partial charge in [0.25, 0.3) is 0 Å². The summed E-state index contributed by atoms with van der Waals surface area (Å²) in [5.41, 5.74) is 0. The van der Waals surface area contributed by atoms with Crippen LogP contribution >= 0.6 is 11.3 Å². The first kappa shape index (κ1) is 13.7. The van der Waals surface area contributed by atoms with Crippen LogP contribution in [0.3, 0.4) is 0 Å². The molecule has 1 heterocycles. The minimum atomic E-state index is 0.549. The van der Waals surface area contributed by atoms with E-state index in [-0.39, 0.29) is 0 Å². The number of ether oxygens (including phenoxy) is 1. The molecule has 0 unspecified atom stereocenters. The molecule has 16 heavy (non-hydrogen) atoms. The molecule has 0 aromatic carbocycles. The summed E-state index contributed by atoms with van der Waals surface area (Å²) in [6.07, 6.45) is 2.19. The third-order valence-corrected chi connectivity index (χ3v) is 3.65. The zero-order valence-electron chi connectivity index (χ0n) is 10.6. The van der Waals surface area contributed by atoms with E-state index in [1.54, 1.807) is 0 Å². The fraction of sp³-hybridized carbons (Fsp3) is 0.692. The molecule has 0 radical (unpaired) electrons. The van der Waals surface area contributed by atoms with E-state index in [0.717, 1.165) is 32.6 Å². The lowest BCUT2D eigenvalue weighted by molar-refractivity contribution is 0.138. The fourth-order valence-electron chi connectivity index (χ4n) is 1.44. The minimum absolute atomic E-state index is 0.549. The molecule has 0 fully saturated rings. The summed E-state index contributed by atoms with van der Waals surface area (Å²) in [6.45, 7) is 9.09. The van der Waals surface area contributed by atoms with E-state index in [1.807, 2.05) is 11.3 Å². The van der Waals surface area contributed by atoms with E-state index >= 15 is 0 Å². The number of hydrogen-bond acceptors (Lipinski definition) is 3. The van der Waals surface area contributed by atoms with Gasteiger partial charge in [-0.25, -0.2) is 0 Å². The van der Waals surface area contributed by atoms with Gasteiger partial charge in [0.1, 0.15) is 0 Å². The lowest BCUT2D eigenvalue weighted by Crippen LogP contribution is -2.26. The molecule has 1 rings (SSSR count). The maximum absolute atomic E-state index is 5.58. The minimum Gasteiger partial charge on any atom is -0.380 e. The molecule has 0 atom stereocenters. The lowest BCUT2D eigenvalue weighted by Gasteiger charge is -2.07. The summed E-state index contributed by atoms with van der Waals surface area (Å²) >= 11 is 1.91. The largest absolute Gasteiger partial charge is 0.380 e. The fourth-order valence-corrected chi connectivity index (χ4v) is 2.38. The molecule has 0 amide bonds. The van der Waals surface area contributed by atoms with E-state index < -0.39 is 0 Å². The van der Waals surface area contributed by atoms with Crippen LogP contribution in [0.15, 0.2) is 12.1 Å². The Morgan fingerprint density at radius 2 is 2.00 bits per heavy atom. The predicted octanol–water partition coefficient (Wildman–Crippen LogP) is 2.87. The highest BCUT2D eigenvalue weighted by Crippen LogP contribution is 2.17. The summed E-state index contributed by atoms with van der Waals surface area (Å²) in [5.74, 6) is 0. The summed E-state index contributed by atoms with van der Waals surface area (Å²) in [5, 5.41) is 3.33. The molecule has 1 N–H and O–H groups in total. The molecule has 0 aliphatic carbocycles. The van der Waals surface area contributed by atoms with Crippen molar-refractivity contribution in [3.05, 3.63) is 21.9 Å². The van der Waals surface area contributed by atoms with E-state index in [2.05, 4.69) is 38.2 Å². The summed E-state index contributed by atoms with van der Waals surface area (Å²) in [6, 6.07) is 4.99. The second-order valence-corrected chi connectivity index (χ2v) is 5.45. The topological polar surface area (TPSA) is 21.3 Å². The quantitative estimate of drug-likeness (QED) is 0.707. The first-order valence-electron chi connectivity index (χ1n) is 6.11. The summed E-state index contributed by atoms with van der Waals surface area (Å²) in [7, 11) is 0. The van der Waals surface area contributed by atoms with Crippen LogP contribution in [0.1, 0.15) is 30.5 Å². The smallest absolute Gasteiger partial charge is 0.0591 e. The van der Waals surface area contributed by atoms with E-state index in [1.165, 1.54) is 9.75 Å². The van der Waals surface area contributed by atoms with Crippen molar-refractivity contribution in [2.45, 2.75) is 39.7 Å². The van der Waals surface area contributed by atoms with Crippen molar-refractivity contribution in [2.24, 2.45) is 0 Å². The standard InChI is InChI=1S/C13H23NOS/c1-4-12-5-6-13(16-12)7-9-15-10-8-14-11(2)3/h5-6,11,14H,4,7-10H2,1-3H3. The van der Waals surface area contributed by atoms with Crippen molar-refractivity contribution >= 4 is 11.3 Å². The van der Waals surface area contributed by atoms with Crippen LogP contribution in [-0.4, -0.2) is 25.8 Å². The molecular formula is C13H23NOS. The SMILES string of the molecule is CCc1ccc(CCOCCNC(C)C)s1. The average Bonchev–Trinajstić information content (AvgIpc) is 2.70. The molecule has 0 aliphatic rings. The van der Waals surface area contributed by atoms with Crippen LogP contribution in [0.2, 0.25) is 0 Å². The number of hydrogen-bond donors (Lipinski definition) is 1. The van der Waals surface area contributed by atoms with E-state index in [0.29, 0.717) is 6.04 Å². The van der Waals surface area contributed by atoms with Gasteiger partial charge < -0.3 is 10.1 Å². The van der Waals surface area contributed by atoms with Crippen LogP contribution in [-0.2, 0) is 17.6 Å². The normalized spacial score (nSPS) is 11.2. The molecule has 0 bridgehead atoms. The molecule has 0 saturated heterocycles. The Morgan fingerprint density at radius 1 is 1.25 bits per heavy atom. The van der Waals surface area contributed by atoms with Gasteiger partial charge in [-0.1, -0.05) is 20.8 Å². The number of nitrogens with one attached hydrogen (secondary N) is 1. The van der Waals surface area contributed by atoms with Gasteiger partial charge in [-0.2, -0.15) is 0 Å². The van der Waals surface area contributed by atoms with Crippen molar-refractivity contribution in [1.82, 2.24) is 5.32 Å². The Hall–Kier alpha value is -0.380. The molecule has 92 valence electrons. The number of aryl methyl sites for hydroxylation is 1. The van der Waals surface area contributed by atoms with Gasteiger partial charge in [-0.05, 0) is 18.6 Å². The molecule has 3 heteroatoms. The van der Waals surface area contributed by atoms with E-state index in [4.69, 9.17) is 4.74 Å². The number of thiophene rings is 1. The van der Waals surface area contributed by atoms with Crippen molar-refractivity contribution in [1.29, 1.82) is 0 Å². The van der Waals surface area contributed by atoms with Gasteiger partial charge in [0.05, 0.1) is 13.2 Å². The lowest BCUT2D eigenvalue weighted by atomic mass is 10.3. The van der Waals surface area contributed by atoms with Crippen molar-refractivity contribution < 1.29 is 4.74 Å². The highest BCUT2D eigenvalue weighted by molar-refractivity contribution is 7.11. The van der Waals surface area contributed by atoms with Gasteiger partial charge in [0.15, 0.2) is 0 Å². The average molecular weight is 241 g/mol. The zero-order chi connectivity index (χ0) is 11.8. The summed E-state index contributed by atoms with van der Waals surface area (Å²) in [4.78, 5) is 2.91. The summed E-state index contributed by atoms with van der Waals surface area (Å²) < 4.78 is 5.58. The number of rotatable bonds is 8. The second kappa shape index (κ2) is 7.82. The van der Waals surface area contributed by atoms with Crippen LogP contribution in [0, 0.1) is 0 Å². The van der Waals surface area contributed by atoms with Crippen molar-refractivity contribution in [3.63, 3.8) is 0 Å². The molecule has 2 nitrogen and oxygen atoms in total. The Kier molecular flexibility index (Phi) is 6.69. The molecule has 1 aromatic heterocycles. The maximum atomic E-state index is 5.58.